The first-order valence-electron chi connectivity index (χ1n) is 9.40. The van der Waals surface area contributed by atoms with E-state index in [2.05, 4.69) is 6.92 Å². The van der Waals surface area contributed by atoms with Crippen molar-refractivity contribution in [2.45, 2.75) is 89.8 Å². The van der Waals surface area contributed by atoms with Crippen LogP contribution in [0.4, 0.5) is 0 Å². The van der Waals surface area contributed by atoms with Crippen molar-refractivity contribution in [2.24, 2.45) is 23.2 Å². The lowest BCUT2D eigenvalue weighted by molar-refractivity contribution is -0.161. The highest BCUT2D eigenvalue weighted by atomic mass is 16.3. The summed E-state index contributed by atoms with van der Waals surface area (Å²) in [6.45, 7) is 2.08. The normalized spacial score (nSPS) is 40.9. The monoisotopic (exact) mass is 308 g/mol. The molecule has 3 aliphatic rings. The Bertz CT molecular complexity index is 401. The van der Waals surface area contributed by atoms with Crippen molar-refractivity contribution in [3.05, 3.63) is 0 Å². The number of aliphatic hydroxyl groups is 2. The molecule has 0 aromatic heterocycles. The maximum atomic E-state index is 11.9. The lowest BCUT2D eigenvalue weighted by Gasteiger charge is -2.54. The topological polar surface area (TPSA) is 57.5 Å². The van der Waals surface area contributed by atoms with Gasteiger partial charge in [-0.1, -0.05) is 39.0 Å². The molecule has 22 heavy (non-hydrogen) atoms. The van der Waals surface area contributed by atoms with E-state index < -0.39 is 0 Å². The number of hydrogen-bond acceptors (Lipinski definition) is 3. The van der Waals surface area contributed by atoms with E-state index in [1.807, 2.05) is 0 Å². The third-order valence-electron chi connectivity index (χ3n) is 6.99. The average Bonchev–Trinajstić information content (AvgIpc) is 2.51. The van der Waals surface area contributed by atoms with Gasteiger partial charge in [-0.3, -0.25) is 4.79 Å². The van der Waals surface area contributed by atoms with Crippen LogP contribution in [0.15, 0.2) is 0 Å². The van der Waals surface area contributed by atoms with E-state index in [0.717, 1.165) is 32.1 Å². The molecule has 3 fully saturated rings. The van der Waals surface area contributed by atoms with E-state index in [4.69, 9.17) is 0 Å². The molecule has 3 rings (SSSR count). The molecular weight excluding hydrogens is 276 g/mol. The number of hydrogen-bond donors (Lipinski definition) is 2. The molecule has 0 unspecified atom stereocenters. The Morgan fingerprint density at radius 3 is 2.64 bits per heavy atom. The highest BCUT2D eigenvalue weighted by molar-refractivity contribution is 5.91. The lowest BCUT2D eigenvalue weighted by atomic mass is 9.49. The zero-order valence-electron chi connectivity index (χ0n) is 14.0. The van der Waals surface area contributed by atoms with Gasteiger partial charge in [-0.25, -0.2) is 0 Å². The van der Waals surface area contributed by atoms with Crippen LogP contribution in [0.5, 0.6) is 0 Å². The maximum Gasteiger partial charge on any atom is 0.139 e. The Kier molecular flexibility index (Phi) is 4.94. The van der Waals surface area contributed by atoms with Crippen LogP contribution >= 0.6 is 0 Å². The average molecular weight is 308 g/mol. The molecule has 5 atom stereocenters. The minimum atomic E-state index is -0.270. The van der Waals surface area contributed by atoms with Crippen LogP contribution in [0.3, 0.4) is 0 Å². The van der Waals surface area contributed by atoms with Crippen molar-refractivity contribution in [2.75, 3.05) is 0 Å². The Hall–Kier alpha value is -0.410. The summed E-state index contributed by atoms with van der Waals surface area (Å²) in [5.41, 5.74) is -0.168. The van der Waals surface area contributed by atoms with Crippen LogP contribution in [-0.4, -0.2) is 28.2 Å². The first kappa shape index (κ1) is 16.4. The molecule has 3 heteroatoms. The van der Waals surface area contributed by atoms with Gasteiger partial charge in [-0.15, -0.1) is 0 Å². The fourth-order valence-corrected chi connectivity index (χ4v) is 5.32. The fraction of sp³-hybridized carbons (Fsp3) is 0.947. The van der Waals surface area contributed by atoms with E-state index in [-0.39, 0.29) is 23.5 Å². The highest BCUT2D eigenvalue weighted by Crippen LogP contribution is 2.56. The molecule has 0 radical (unpaired) electrons. The predicted molar refractivity (Wildman–Crippen MR) is 86.4 cm³/mol. The summed E-state index contributed by atoms with van der Waals surface area (Å²) in [6, 6.07) is 0. The van der Waals surface area contributed by atoms with Gasteiger partial charge in [-0.2, -0.15) is 0 Å². The Morgan fingerprint density at radius 1 is 1.23 bits per heavy atom. The van der Waals surface area contributed by atoms with Gasteiger partial charge in [-0.05, 0) is 49.9 Å². The lowest BCUT2D eigenvalue weighted by Crippen LogP contribution is -2.57. The minimum Gasteiger partial charge on any atom is -0.393 e. The molecule has 0 bridgehead atoms. The number of aliphatic hydroxyl groups excluding tert-OH is 2. The van der Waals surface area contributed by atoms with Gasteiger partial charge in [0.1, 0.15) is 5.78 Å². The minimum absolute atomic E-state index is 0.168. The molecule has 3 nitrogen and oxygen atoms in total. The van der Waals surface area contributed by atoms with E-state index in [1.165, 1.54) is 32.1 Å². The number of Topliss-reactive ketones (excluding diaryl/α,β-unsaturated/α-hetero) is 1. The van der Waals surface area contributed by atoms with E-state index in [9.17, 15) is 15.0 Å². The molecule has 0 aromatic rings. The zero-order chi connectivity index (χ0) is 15.7. The van der Waals surface area contributed by atoms with Crippen molar-refractivity contribution < 1.29 is 15.0 Å². The molecule has 3 saturated carbocycles. The first-order chi connectivity index (χ1) is 10.5. The van der Waals surface area contributed by atoms with Gasteiger partial charge < -0.3 is 10.2 Å². The molecule has 2 N–H and O–H groups in total. The summed E-state index contributed by atoms with van der Waals surface area (Å²) in [7, 11) is 0. The third kappa shape index (κ3) is 3.12. The molecule has 0 heterocycles. The second-order valence-electron chi connectivity index (χ2n) is 8.39. The van der Waals surface area contributed by atoms with Gasteiger partial charge in [0.25, 0.3) is 0 Å². The second kappa shape index (κ2) is 6.60. The molecule has 0 aromatic carbocycles. The summed E-state index contributed by atoms with van der Waals surface area (Å²) in [4.78, 5) is 11.9. The van der Waals surface area contributed by atoms with Crippen molar-refractivity contribution >= 4 is 5.78 Å². The van der Waals surface area contributed by atoms with Crippen LogP contribution in [-0.2, 0) is 4.79 Å². The van der Waals surface area contributed by atoms with Crippen molar-refractivity contribution in [3.8, 4) is 0 Å². The van der Waals surface area contributed by atoms with E-state index in [1.54, 1.807) is 0 Å². The van der Waals surface area contributed by atoms with Crippen molar-refractivity contribution in [3.63, 3.8) is 0 Å². The zero-order valence-corrected chi connectivity index (χ0v) is 14.0. The van der Waals surface area contributed by atoms with Crippen LogP contribution in [0.1, 0.15) is 77.6 Å². The molecule has 0 spiro atoms. The highest BCUT2D eigenvalue weighted by Gasteiger charge is 2.57. The van der Waals surface area contributed by atoms with Gasteiger partial charge in [0.15, 0.2) is 0 Å². The molecule has 3 aliphatic carbocycles. The number of rotatable bonds is 5. The van der Waals surface area contributed by atoms with Gasteiger partial charge in [0.05, 0.1) is 12.2 Å². The second-order valence-corrected chi connectivity index (χ2v) is 8.39. The van der Waals surface area contributed by atoms with Crippen LogP contribution < -0.4 is 0 Å². The van der Waals surface area contributed by atoms with Crippen LogP contribution in [0.2, 0.25) is 0 Å². The first-order valence-corrected chi connectivity index (χ1v) is 9.40. The third-order valence-corrected chi connectivity index (χ3v) is 6.99. The van der Waals surface area contributed by atoms with Crippen molar-refractivity contribution in [1.82, 2.24) is 0 Å². The number of carbonyl (C=O) groups excluding carboxylic acids is 1. The fourth-order valence-electron chi connectivity index (χ4n) is 5.32. The SMILES string of the molecule is C[C@]12CC[C@@H](O)[C@H](CC[C@@H](O)CC3CCCCC3)[C@H]1CC2=O. The summed E-state index contributed by atoms with van der Waals surface area (Å²) in [5.74, 6) is 1.66. The molecule has 126 valence electrons. The van der Waals surface area contributed by atoms with E-state index in [0.29, 0.717) is 24.0 Å². The summed E-state index contributed by atoms with van der Waals surface area (Å²) >= 11 is 0. The van der Waals surface area contributed by atoms with Gasteiger partial charge in [0, 0.05) is 11.8 Å². The Balaban J connectivity index is 1.48. The summed E-state index contributed by atoms with van der Waals surface area (Å²) in [6.07, 6.45) is 10.9. The smallest absolute Gasteiger partial charge is 0.139 e. The number of ketones is 1. The van der Waals surface area contributed by atoms with Crippen LogP contribution in [0.25, 0.3) is 0 Å². The largest absolute Gasteiger partial charge is 0.393 e. The molecule has 0 aliphatic heterocycles. The standard InChI is InChI=1S/C19H32O3/c1-19-10-9-17(21)15(16(19)12-18(19)22)8-7-14(20)11-13-5-3-2-4-6-13/h13-17,20-21H,2-12H2,1H3/t14-,15-,16-,17-,19+/m1/s1. The van der Waals surface area contributed by atoms with Gasteiger partial charge in [0.2, 0.25) is 0 Å². The van der Waals surface area contributed by atoms with E-state index >= 15 is 0 Å². The van der Waals surface area contributed by atoms with Gasteiger partial charge >= 0.3 is 0 Å². The Morgan fingerprint density at radius 2 is 1.95 bits per heavy atom. The molecule has 0 saturated heterocycles. The quantitative estimate of drug-likeness (QED) is 0.817. The Labute approximate surface area is 134 Å². The molecule has 0 amide bonds. The number of carbonyl (C=O) groups is 1. The van der Waals surface area contributed by atoms with Crippen LogP contribution in [0, 0.1) is 23.2 Å². The number of fused-ring (bicyclic) bond motifs is 1. The van der Waals surface area contributed by atoms with Crippen molar-refractivity contribution in [1.29, 1.82) is 0 Å². The summed E-state index contributed by atoms with van der Waals surface area (Å²) < 4.78 is 0. The molecular formula is C19H32O3. The maximum absolute atomic E-state index is 11.9. The summed E-state index contributed by atoms with van der Waals surface area (Å²) in [5, 5.41) is 20.7. The predicted octanol–water partition coefficient (Wildman–Crippen LogP) is 3.46.